The Bertz CT molecular complexity index is 1210. The van der Waals surface area contributed by atoms with Gasteiger partial charge in [-0.15, -0.1) is 0 Å². The number of hydrogen-bond acceptors (Lipinski definition) is 8. The Labute approximate surface area is 229 Å². The smallest absolute Gasteiger partial charge is 0.526 e. The van der Waals surface area contributed by atoms with Crippen molar-refractivity contribution in [1.29, 1.82) is 0 Å². The molecule has 4 rings (SSSR count). The van der Waals surface area contributed by atoms with Crippen molar-refractivity contribution in [2.24, 2.45) is 0 Å². The lowest BCUT2D eigenvalue weighted by molar-refractivity contribution is 0.302. The van der Waals surface area contributed by atoms with Gasteiger partial charge in [0.1, 0.15) is 59.2 Å². The van der Waals surface area contributed by atoms with Gasteiger partial charge in [-0.1, -0.05) is 12.1 Å². The van der Waals surface area contributed by atoms with Crippen LogP contribution in [-0.2, 0) is 13.2 Å². The maximum Gasteiger partial charge on any atom is 0.658 e. The summed E-state index contributed by atoms with van der Waals surface area (Å²) in [7, 11) is 7.71. The summed E-state index contributed by atoms with van der Waals surface area (Å²) in [5, 5.41) is 0. The lowest BCUT2D eigenvalue weighted by atomic mass is 10.2. The third-order valence-corrected chi connectivity index (χ3v) is 5.61. The van der Waals surface area contributed by atoms with E-state index < -0.39 is 0 Å². The van der Waals surface area contributed by atoms with E-state index in [2.05, 4.69) is 0 Å². The average Bonchev–Trinajstić information content (AvgIpc) is 2.99. The summed E-state index contributed by atoms with van der Waals surface area (Å²) < 4.78 is 44.4. The van der Waals surface area contributed by atoms with Gasteiger partial charge < -0.3 is 37.7 Å². The van der Waals surface area contributed by atoms with E-state index in [0.717, 1.165) is 11.1 Å². The fourth-order valence-electron chi connectivity index (χ4n) is 3.64. The molecule has 0 unspecified atom stereocenters. The molecule has 9 heteroatoms. The molecule has 201 valence electrons. The summed E-state index contributed by atoms with van der Waals surface area (Å²) in [4.78, 5) is 0. The van der Waals surface area contributed by atoms with Gasteiger partial charge in [-0.3, -0.25) is 0 Å². The van der Waals surface area contributed by atoms with Gasteiger partial charge in [-0.2, -0.15) is 0 Å². The Balaban J connectivity index is 1.28. The van der Waals surface area contributed by atoms with Crippen LogP contribution >= 0.6 is 0 Å². The minimum atomic E-state index is 0.340. The van der Waals surface area contributed by atoms with Crippen molar-refractivity contribution < 1.29 is 37.7 Å². The molecule has 0 N–H and O–H groups in total. The van der Waals surface area contributed by atoms with Crippen molar-refractivity contribution >= 4 is 7.69 Å². The molecule has 0 atom stereocenters. The van der Waals surface area contributed by atoms with E-state index in [1.54, 1.807) is 40.6 Å². The van der Waals surface area contributed by atoms with Gasteiger partial charge >= 0.3 is 7.69 Å². The van der Waals surface area contributed by atoms with E-state index in [1.165, 1.54) is 7.69 Å². The van der Waals surface area contributed by atoms with Crippen LogP contribution in [0.1, 0.15) is 11.1 Å². The molecule has 39 heavy (non-hydrogen) atoms. The Morgan fingerprint density at radius 3 is 1.13 bits per heavy atom. The first kappa shape index (κ1) is 27.4. The Morgan fingerprint density at radius 1 is 0.436 bits per heavy atom. The molecule has 8 nitrogen and oxygen atoms in total. The van der Waals surface area contributed by atoms with Crippen LogP contribution in [0.15, 0.2) is 84.9 Å². The molecule has 0 aliphatic heterocycles. The second-order valence-electron chi connectivity index (χ2n) is 8.30. The third kappa shape index (κ3) is 8.16. The number of rotatable bonds is 14. The molecule has 4 aromatic rings. The molecular formula is C30H30BO8. The summed E-state index contributed by atoms with van der Waals surface area (Å²) in [6.07, 6.45) is 0. The number of hydrogen-bond donors (Lipinski definition) is 0. The monoisotopic (exact) mass is 529 g/mol. The van der Waals surface area contributed by atoms with Gasteiger partial charge in [-0.05, 0) is 59.7 Å². The number of methoxy groups -OCH3 is 4. The molecule has 0 aliphatic rings. The lowest BCUT2D eigenvalue weighted by Gasteiger charge is -2.12. The first-order valence-electron chi connectivity index (χ1n) is 12.1. The van der Waals surface area contributed by atoms with Gasteiger partial charge in [0, 0.05) is 24.3 Å². The van der Waals surface area contributed by atoms with Crippen molar-refractivity contribution in [3.05, 3.63) is 96.1 Å². The van der Waals surface area contributed by atoms with Gasteiger partial charge in [0.15, 0.2) is 0 Å². The molecule has 1 radical (unpaired) electrons. The predicted octanol–water partition coefficient (Wildman–Crippen LogP) is 5.87. The van der Waals surface area contributed by atoms with Crippen molar-refractivity contribution in [2.45, 2.75) is 13.2 Å². The van der Waals surface area contributed by atoms with Crippen LogP contribution in [0.25, 0.3) is 0 Å². The van der Waals surface area contributed by atoms with Crippen LogP contribution in [0.4, 0.5) is 0 Å². The summed E-state index contributed by atoms with van der Waals surface area (Å²) in [5.41, 5.74) is 1.83. The Hall–Kier alpha value is -4.66. The van der Waals surface area contributed by atoms with Crippen LogP contribution in [0, 0.1) is 0 Å². The van der Waals surface area contributed by atoms with E-state index in [-0.39, 0.29) is 0 Å². The quantitative estimate of drug-likeness (QED) is 0.188. The van der Waals surface area contributed by atoms with Crippen LogP contribution in [0.2, 0.25) is 0 Å². The fraction of sp³-hybridized carbons (Fsp3) is 0.200. The molecule has 4 aromatic carbocycles. The maximum absolute atomic E-state index is 5.93. The van der Waals surface area contributed by atoms with Gasteiger partial charge in [0.25, 0.3) is 0 Å². The van der Waals surface area contributed by atoms with Crippen molar-refractivity contribution in [3.8, 4) is 46.0 Å². The fourth-order valence-corrected chi connectivity index (χ4v) is 3.64. The standard InChI is InChI=1S/C30H30BO8/c1-32-27-11-21(12-28(17-27)33-2)19-36-23-7-5-9-25(15-23)38-31-39-26-10-6-8-24(16-26)37-20-22-13-29(34-3)18-30(14-22)35-4/h5-18H,19-20H2,1-4H3. The van der Waals surface area contributed by atoms with Gasteiger partial charge in [-0.25, -0.2) is 0 Å². The molecule has 0 saturated heterocycles. The highest BCUT2D eigenvalue weighted by molar-refractivity contribution is 6.20. The summed E-state index contributed by atoms with van der Waals surface area (Å²) in [6.45, 7) is 0.680. The molecule has 0 amide bonds. The van der Waals surface area contributed by atoms with E-state index in [9.17, 15) is 0 Å². The van der Waals surface area contributed by atoms with Gasteiger partial charge in [0.05, 0.1) is 28.4 Å². The molecule has 0 spiro atoms. The zero-order valence-corrected chi connectivity index (χ0v) is 22.3. The molecule has 0 fully saturated rings. The molecule has 0 aliphatic carbocycles. The largest absolute Gasteiger partial charge is 0.658 e. The zero-order valence-electron chi connectivity index (χ0n) is 22.3. The predicted molar refractivity (Wildman–Crippen MR) is 148 cm³/mol. The first-order chi connectivity index (χ1) is 19.1. The lowest BCUT2D eigenvalue weighted by Crippen LogP contribution is -2.11. The van der Waals surface area contributed by atoms with Crippen LogP contribution in [-0.4, -0.2) is 36.1 Å². The van der Waals surface area contributed by atoms with Crippen molar-refractivity contribution in [2.75, 3.05) is 28.4 Å². The normalized spacial score (nSPS) is 10.3. The maximum atomic E-state index is 5.93. The highest BCUT2D eigenvalue weighted by Gasteiger charge is 2.08. The van der Waals surface area contributed by atoms with Gasteiger partial charge in [0.2, 0.25) is 0 Å². The summed E-state index contributed by atoms with van der Waals surface area (Å²) in [5.74, 6) is 5.22. The Kier molecular flexibility index (Phi) is 9.66. The van der Waals surface area contributed by atoms with Crippen molar-refractivity contribution in [3.63, 3.8) is 0 Å². The average molecular weight is 529 g/mol. The van der Waals surface area contributed by atoms with E-state index in [0.29, 0.717) is 59.2 Å². The third-order valence-electron chi connectivity index (χ3n) is 5.61. The summed E-state index contributed by atoms with van der Waals surface area (Å²) in [6, 6.07) is 25.8. The zero-order chi connectivity index (χ0) is 27.5. The molecular weight excluding hydrogens is 499 g/mol. The second kappa shape index (κ2) is 13.8. The SMILES string of the molecule is COc1cc(COc2cccc(O[B]Oc3cccc(OCc4cc(OC)cc(OC)c4)c3)c2)cc(OC)c1. The number of benzene rings is 4. The number of ether oxygens (including phenoxy) is 6. The van der Waals surface area contributed by atoms with Crippen LogP contribution < -0.4 is 37.7 Å². The van der Waals surface area contributed by atoms with E-state index in [1.807, 2.05) is 72.8 Å². The van der Waals surface area contributed by atoms with E-state index >= 15 is 0 Å². The summed E-state index contributed by atoms with van der Waals surface area (Å²) >= 11 is 0. The molecule has 0 bridgehead atoms. The minimum Gasteiger partial charge on any atom is -0.526 e. The second-order valence-corrected chi connectivity index (χ2v) is 8.30. The van der Waals surface area contributed by atoms with E-state index in [4.69, 9.17) is 37.7 Å². The van der Waals surface area contributed by atoms with Crippen molar-refractivity contribution in [1.82, 2.24) is 0 Å². The Morgan fingerprint density at radius 2 is 0.769 bits per heavy atom. The first-order valence-corrected chi connectivity index (χ1v) is 12.1. The minimum absolute atomic E-state index is 0.340. The topological polar surface area (TPSA) is 73.8 Å². The highest BCUT2D eigenvalue weighted by Crippen LogP contribution is 2.27. The molecule has 0 aromatic heterocycles. The molecule has 0 saturated carbocycles. The highest BCUT2D eigenvalue weighted by atomic mass is 16.6. The molecule has 0 heterocycles. The van der Waals surface area contributed by atoms with Crippen LogP contribution in [0.3, 0.4) is 0 Å². The van der Waals surface area contributed by atoms with Crippen LogP contribution in [0.5, 0.6) is 46.0 Å².